The summed E-state index contributed by atoms with van der Waals surface area (Å²) in [6.45, 7) is 1.44. The predicted octanol–water partition coefficient (Wildman–Crippen LogP) is 23.8. The fraction of sp³-hybridized carbons (Fsp3) is 0.0465. The van der Waals surface area contributed by atoms with Crippen molar-refractivity contribution in [1.82, 2.24) is 9.97 Å². The molecule has 1 aliphatic rings. The number of carbonyl (C=O) groups is 3. The smallest absolute Gasteiger partial charge is 0.339 e. The SMILES string of the molecule is CC(=O)c1oc2ccccc2c1N.Clc1cc(-c2ccccc2)nc2c1oc1ccccc12.N#Cc1ccccc1O.Nc1c(C(=O)/C=C/c2ccccc2)oc2ccccc12.O=C1CC(c2ccccc2)Cc2c1oc1ccccc21.O=P(Cl)(Cl)Cl.O=c1cc(-c2ccccc2)[nH]c2c1oc1ccccc12. The number of phenols is 1. The quantitative estimate of drug-likeness (QED) is 0.0656. The summed E-state index contributed by atoms with van der Waals surface area (Å²) in [5.74, 6) is 1.06. The number of nitrogen functional groups attached to an aromatic ring is 2. The maximum Gasteiger partial charge on any atom is 0.339 e. The number of aromatic nitrogens is 2. The van der Waals surface area contributed by atoms with Gasteiger partial charge >= 0.3 is 5.20 Å². The summed E-state index contributed by atoms with van der Waals surface area (Å²) in [6, 6.07) is 89.4. The second-order valence-electron chi connectivity index (χ2n) is 24.1. The topological polar surface area (TPSA) is 276 Å². The Kier molecular flexibility index (Phi) is 23.6. The summed E-state index contributed by atoms with van der Waals surface area (Å²) in [5, 5.41) is 19.1. The molecule has 0 saturated heterocycles. The maximum atomic E-state index is 12.3. The van der Waals surface area contributed by atoms with Crippen LogP contribution in [0.2, 0.25) is 5.02 Å². The molecule has 530 valence electrons. The van der Waals surface area contributed by atoms with E-state index in [4.69, 9.17) is 60.5 Å². The Balaban J connectivity index is 0.000000120. The van der Waals surface area contributed by atoms with Crippen LogP contribution in [0.1, 0.15) is 73.2 Å². The number of nitrogens with two attached hydrogens (primary N) is 2. The Labute approximate surface area is 631 Å². The van der Waals surface area contributed by atoms with Crippen molar-refractivity contribution in [3.63, 3.8) is 0 Å². The number of furan rings is 5. The van der Waals surface area contributed by atoms with Gasteiger partial charge in [0.1, 0.15) is 45.3 Å². The second-order valence-corrected chi connectivity index (χ2v) is 31.1. The Morgan fingerprint density at radius 1 is 0.551 bits per heavy atom. The molecule has 0 amide bonds. The second kappa shape index (κ2) is 34.0. The minimum Gasteiger partial charge on any atom is -0.507 e. The van der Waals surface area contributed by atoms with Crippen LogP contribution in [0.4, 0.5) is 11.4 Å². The van der Waals surface area contributed by atoms with E-state index < -0.39 is 5.20 Å². The molecule has 0 bridgehead atoms. The number of hydrogen-bond acceptors (Lipinski definition) is 15. The molecule has 0 aliphatic heterocycles. The Bertz CT molecular complexity index is 6230. The predicted molar refractivity (Wildman–Crippen MR) is 429 cm³/mol. The Hall–Kier alpha value is -12.5. The molecule has 0 fully saturated rings. The third-order valence-electron chi connectivity index (χ3n) is 17.0. The van der Waals surface area contributed by atoms with Crippen LogP contribution >= 0.6 is 50.5 Å². The van der Waals surface area contributed by atoms with Gasteiger partial charge in [-0.2, -0.15) is 5.26 Å². The van der Waals surface area contributed by atoms with Gasteiger partial charge in [-0.1, -0.05) is 218 Å². The summed E-state index contributed by atoms with van der Waals surface area (Å²) in [6.07, 6.45) is 4.64. The number of Topliss-reactive ketones (excluding diaryl/α,β-unsaturated/α-hetero) is 2. The van der Waals surface area contributed by atoms with Crippen molar-refractivity contribution in [3.8, 4) is 34.3 Å². The number of carbonyl (C=O) groups excluding carboxylic acids is 3. The third kappa shape index (κ3) is 18.0. The molecule has 21 heteroatoms. The number of benzene rings is 10. The van der Waals surface area contributed by atoms with Crippen LogP contribution in [0.3, 0.4) is 0 Å². The number of ketones is 3. The van der Waals surface area contributed by atoms with Crippen molar-refractivity contribution < 1.29 is 46.1 Å². The molecule has 0 saturated carbocycles. The van der Waals surface area contributed by atoms with Gasteiger partial charge in [0, 0.05) is 63.2 Å². The van der Waals surface area contributed by atoms with Crippen molar-refractivity contribution in [3.05, 3.63) is 340 Å². The lowest BCUT2D eigenvalue weighted by atomic mass is 9.81. The minimum absolute atomic E-state index is 0.0417. The highest BCUT2D eigenvalue weighted by Crippen LogP contribution is 2.61. The van der Waals surface area contributed by atoms with E-state index in [2.05, 4.69) is 50.8 Å². The number of para-hydroxylation sites is 6. The van der Waals surface area contributed by atoms with Crippen LogP contribution < -0.4 is 16.9 Å². The molecule has 107 heavy (non-hydrogen) atoms. The highest BCUT2D eigenvalue weighted by molar-refractivity contribution is 8.24. The summed E-state index contributed by atoms with van der Waals surface area (Å²) in [4.78, 5) is 55.8. The first-order valence-corrected chi connectivity index (χ1v) is 38.0. The van der Waals surface area contributed by atoms with Gasteiger partial charge in [0.2, 0.25) is 11.2 Å². The molecule has 1 atom stereocenters. The first-order chi connectivity index (χ1) is 51.8. The molecule has 1 aliphatic carbocycles. The van der Waals surface area contributed by atoms with Crippen LogP contribution in [0.25, 0.3) is 106 Å². The standard InChI is InChI=1S/C18H14O2.C17H10ClNO.C17H11NO2.C17H13NO2.C10H9NO2.C7H5NO.Cl3OP/c19-16-11-13(12-6-2-1-3-7-12)10-15-14-8-4-5-9-17(14)20-18(15)16;18-13-10-14(11-6-2-1-3-7-11)19-16-12-8-4-5-9-15(12)20-17(13)16;19-14-10-13(11-6-2-1-3-7-11)18-16-12-8-4-5-9-15(12)20-17(14)16;18-16-13-8-4-5-9-15(13)20-17(16)14(19)11-10-12-6-2-1-3-7-12;1-6(12)10-9(11)7-4-2-3-5-8(7)13-10;8-5-6-3-1-2-4-7(6)9;1-5(2,3)4/h1-9,13H,10-11H2;1-10H;1-10H,(H,18,19);1-11H,18H2;2-5H,11H2,1H3;1-4,9H;/b;;;11-10+;;;. The van der Waals surface area contributed by atoms with E-state index in [-0.39, 0.29) is 46.0 Å². The number of nitriles is 1. The number of rotatable bonds is 7. The molecule has 6 N–H and O–H groups in total. The lowest BCUT2D eigenvalue weighted by molar-refractivity contribution is 0.0935. The number of halogens is 4. The molecular formula is C86H62Cl4N5O11P. The number of phenolic OH excluding ortho intramolecular Hbond substituents is 1. The number of allylic oxidation sites excluding steroid dienone is 1. The largest absolute Gasteiger partial charge is 0.507 e. The molecule has 0 radical (unpaired) electrons. The van der Waals surface area contributed by atoms with E-state index in [9.17, 15) is 23.7 Å². The number of nitrogens with zero attached hydrogens (tertiary/aromatic N) is 2. The molecule has 10 aromatic carbocycles. The van der Waals surface area contributed by atoms with Crippen molar-refractivity contribution >= 4 is 162 Å². The summed E-state index contributed by atoms with van der Waals surface area (Å²) < 4.78 is 37.5. The summed E-state index contributed by atoms with van der Waals surface area (Å²) >= 11 is 20.2. The van der Waals surface area contributed by atoms with Crippen molar-refractivity contribution in [2.75, 3.05) is 11.5 Å². The molecule has 16 nitrogen and oxygen atoms in total. The third-order valence-corrected chi connectivity index (χ3v) is 17.2. The van der Waals surface area contributed by atoms with E-state index in [0.29, 0.717) is 56.5 Å². The molecule has 0 spiro atoms. The highest BCUT2D eigenvalue weighted by atomic mass is 36.0. The van der Waals surface area contributed by atoms with Crippen molar-refractivity contribution in [2.24, 2.45) is 0 Å². The number of nitrogens with one attached hydrogen (secondary N) is 1. The number of anilines is 2. The summed E-state index contributed by atoms with van der Waals surface area (Å²) in [5.41, 5.74) is 25.9. The Morgan fingerprint density at radius 2 is 1.01 bits per heavy atom. The van der Waals surface area contributed by atoms with E-state index in [0.717, 1.165) is 94.8 Å². The zero-order valence-electron chi connectivity index (χ0n) is 56.7. The van der Waals surface area contributed by atoms with Crippen molar-refractivity contribution in [2.45, 2.75) is 25.7 Å². The van der Waals surface area contributed by atoms with Gasteiger partial charge in [-0.15, -0.1) is 0 Å². The highest BCUT2D eigenvalue weighted by Gasteiger charge is 2.31. The summed E-state index contributed by atoms with van der Waals surface area (Å²) in [7, 11) is 0. The average molecular weight is 1510 g/mol. The van der Waals surface area contributed by atoms with Crippen LogP contribution in [-0.4, -0.2) is 32.4 Å². The van der Waals surface area contributed by atoms with Crippen LogP contribution in [0, 0.1) is 11.3 Å². The van der Waals surface area contributed by atoms with Gasteiger partial charge in [0.25, 0.3) is 0 Å². The number of aromatic hydroxyl groups is 1. The van der Waals surface area contributed by atoms with Crippen molar-refractivity contribution in [1.29, 1.82) is 5.26 Å². The van der Waals surface area contributed by atoms with E-state index in [1.807, 2.05) is 231 Å². The molecular weight excluding hydrogens is 1450 g/mol. The fourth-order valence-corrected chi connectivity index (χ4v) is 12.2. The van der Waals surface area contributed by atoms with E-state index >= 15 is 0 Å². The molecule has 7 aromatic heterocycles. The van der Waals surface area contributed by atoms with Gasteiger partial charge in [0.05, 0.1) is 33.2 Å². The van der Waals surface area contributed by atoms with Gasteiger partial charge in [-0.3, -0.25) is 23.7 Å². The zero-order chi connectivity index (χ0) is 75.1. The van der Waals surface area contributed by atoms with Gasteiger partial charge in [-0.25, -0.2) is 4.98 Å². The number of pyridine rings is 2. The van der Waals surface area contributed by atoms with Gasteiger partial charge < -0.3 is 43.6 Å². The lowest BCUT2D eigenvalue weighted by Crippen LogP contribution is -2.17. The zero-order valence-corrected chi connectivity index (χ0v) is 60.7. The van der Waals surface area contributed by atoms with Crippen LogP contribution in [0.5, 0.6) is 5.75 Å². The normalized spacial score (nSPS) is 12.2. The van der Waals surface area contributed by atoms with Gasteiger partial charge in [0.15, 0.2) is 40.0 Å². The average Bonchev–Trinajstić information content (AvgIpc) is 1.65. The first-order valence-electron chi connectivity index (χ1n) is 33.2. The molecule has 1 unspecified atom stereocenters. The molecule has 17 aromatic rings. The van der Waals surface area contributed by atoms with Crippen LogP contribution in [0.15, 0.2) is 312 Å². The number of hydrogen-bond donors (Lipinski definition) is 4. The van der Waals surface area contributed by atoms with E-state index in [1.165, 1.54) is 24.6 Å². The molecule has 18 rings (SSSR count). The molecule has 7 heterocycles. The number of fused-ring (bicyclic) bond motifs is 11. The van der Waals surface area contributed by atoms with Crippen LogP contribution in [-0.2, 0) is 11.0 Å². The maximum absolute atomic E-state index is 12.3. The Morgan fingerprint density at radius 3 is 1.57 bits per heavy atom. The first kappa shape index (κ1) is 74.3. The minimum atomic E-state index is -3.22. The monoisotopic (exact) mass is 1510 g/mol. The number of H-pyrrole nitrogens is 1. The van der Waals surface area contributed by atoms with E-state index in [1.54, 1.807) is 42.5 Å². The lowest BCUT2D eigenvalue weighted by Gasteiger charge is -2.20. The fourth-order valence-electron chi connectivity index (χ4n) is 12.0. The number of aromatic amines is 1. The van der Waals surface area contributed by atoms with Gasteiger partial charge in [-0.05, 0) is 142 Å².